The van der Waals surface area contributed by atoms with E-state index >= 15 is 0 Å². The number of furan rings is 1. The monoisotopic (exact) mass is 693 g/mol. The van der Waals surface area contributed by atoms with Gasteiger partial charge in [0.1, 0.15) is 5.58 Å². The second-order valence-corrected chi connectivity index (χ2v) is 14.7. The Hall–Kier alpha value is -6.68. The zero-order valence-corrected chi connectivity index (χ0v) is 29.5. The van der Waals surface area contributed by atoms with E-state index in [1.54, 1.807) is 0 Å². The summed E-state index contributed by atoms with van der Waals surface area (Å²) in [4.78, 5) is 2.43. The van der Waals surface area contributed by atoms with E-state index in [1.165, 1.54) is 52.8 Å². The topological polar surface area (TPSA) is 16.4 Å². The van der Waals surface area contributed by atoms with Gasteiger partial charge in [-0.15, -0.1) is 11.3 Å². The number of hydrogen-bond acceptors (Lipinski definition) is 3. The van der Waals surface area contributed by atoms with Crippen molar-refractivity contribution in [1.29, 1.82) is 0 Å². The summed E-state index contributed by atoms with van der Waals surface area (Å²) in [6.45, 7) is 0. The van der Waals surface area contributed by atoms with E-state index in [0.29, 0.717) is 0 Å². The van der Waals surface area contributed by atoms with Crippen LogP contribution < -0.4 is 4.90 Å². The molecule has 11 rings (SSSR count). The van der Waals surface area contributed by atoms with E-state index in [2.05, 4.69) is 193 Å². The molecule has 2 aromatic heterocycles. The number of nitrogens with zero attached hydrogens (tertiary/aromatic N) is 1. The molecular weight excluding hydrogens is 663 g/mol. The number of hydrogen-bond donors (Lipinski definition) is 0. The van der Waals surface area contributed by atoms with Crippen molar-refractivity contribution in [3.8, 4) is 22.3 Å². The molecule has 0 unspecified atom stereocenters. The molecule has 3 heteroatoms. The molecule has 0 aliphatic carbocycles. The number of thiophene rings is 1. The normalized spacial score (nSPS) is 11.8. The standard InChI is InChI=1S/C50H31NOS/c1-3-13-32(14-4-1)39-20-11-21-41-42-22-12-23-45(49(42)52-48(39)41)51(36-27-28-38-35(31-36)26-25-34-17-7-8-18-37(34)38)44-30-29-40(33-15-5-2-6-16-33)50-47(44)43-19-9-10-24-46(43)53-50/h1-31H. The van der Waals surface area contributed by atoms with Gasteiger partial charge in [-0.2, -0.15) is 0 Å². The van der Waals surface area contributed by atoms with Gasteiger partial charge >= 0.3 is 0 Å². The predicted octanol–water partition coefficient (Wildman–Crippen LogP) is 15.1. The first-order valence-corrected chi connectivity index (χ1v) is 18.8. The Morgan fingerprint density at radius 3 is 1.87 bits per heavy atom. The maximum absolute atomic E-state index is 7.07. The maximum Gasteiger partial charge on any atom is 0.159 e. The van der Waals surface area contributed by atoms with E-state index in [9.17, 15) is 0 Å². The Bertz CT molecular complexity index is 3180. The molecule has 0 aliphatic rings. The van der Waals surface area contributed by atoms with E-state index in [-0.39, 0.29) is 0 Å². The molecule has 0 radical (unpaired) electrons. The van der Waals surface area contributed by atoms with E-state index in [0.717, 1.165) is 50.1 Å². The number of anilines is 3. The van der Waals surface area contributed by atoms with Crippen molar-refractivity contribution in [3.63, 3.8) is 0 Å². The van der Waals surface area contributed by atoms with E-state index in [4.69, 9.17) is 4.42 Å². The SMILES string of the molecule is c1ccc(-c2cccc3c2oc2c(N(c4ccc5c(ccc6ccccc65)c4)c4ccc(-c5ccccc5)c5sc6ccccc6c45)cccc23)cc1. The molecule has 0 N–H and O–H groups in total. The summed E-state index contributed by atoms with van der Waals surface area (Å²) < 4.78 is 9.62. The lowest BCUT2D eigenvalue weighted by Crippen LogP contribution is -2.11. The maximum atomic E-state index is 7.07. The van der Waals surface area contributed by atoms with Gasteiger partial charge in [0.2, 0.25) is 0 Å². The van der Waals surface area contributed by atoms with Crippen LogP contribution in [0.15, 0.2) is 192 Å². The zero-order chi connectivity index (χ0) is 34.9. The minimum absolute atomic E-state index is 0.865. The molecule has 0 saturated heterocycles. The van der Waals surface area contributed by atoms with Gasteiger partial charge in [-0.25, -0.2) is 0 Å². The minimum Gasteiger partial charge on any atom is -0.453 e. The summed E-state index contributed by atoms with van der Waals surface area (Å²) in [5, 5.41) is 9.64. The van der Waals surface area contributed by atoms with Gasteiger partial charge in [-0.3, -0.25) is 0 Å². The van der Waals surface area contributed by atoms with Crippen molar-refractivity contribution in [2.24, 2.45) is 0 Å². The van der Waals surface area contributed by atoms with Crippen molar-refractivity contribution in [3.05, 3.63) is 188 Å². The highest BCUT2D eigenvalue weighted by Crippen LogP contribution is 2.50. The fourth-order valence-corrected chi connectivity index (χ4v) is 9.48. The predicted molar refractivity (Wildman–Crippen MR) is 227 cm³/mol. The van der Waals surface area contributed by atoms with Crippen molar-refractivity contribution in [1.82, 2.24) is 0 Å². The lowest BCUT2D eigenvalue weighted by molar-refractivity contribution is 0.670. The Morgan fingerprint density at radius 1 is 0.396 bits per heavy atom. The molecule has 0 aliphatic heterocycles. The average Bonchev–Trinajstić information content (AvgIpc) is 3.81. The van der Waals surface area contributed by atoms with Crippen LogP contribution in [0.2, 0.25) is 0 Å². The van der Waals surface area contributed by atoms with Gasteiger partial charge in [-0.1, -0.05) is 158 Å². The highest BCUT2D eigenvalue weighted by molar-refractivity contribution is 7.26. The molecule has 0 fully saturated rings. The highest BCUT2D eigenvalue weighted by atomic mass is 32.1. The van der Waals surface area contributed by atoms with E-state index < -0.39 is 0 Å². The fourth-order valence-electron chi connectivity index (χ4n) is 8.22. The second-order valence-electron chi connectivity index (χ2n) is 13.6. The average molecular weight is 694 g/mol. The van der Waals surface area contributed by atoms with Crippen molar-refractivity contribution in [2.45, 2.75) is 0 Å². The number of benzene rings is 9. The van der Waals surface area contributed by atoms with Crippen LogP contribution in [-0.4, -0.2) is 0 Å². The Morgan fingerprint density at radius 2 is 1.04 bits per heavy atom. The molecule has 0 saturated carbocycles. The van der Waals surface area contributed by atoms with Crippen molar-refractivity contribution >= 4 is 92.1 Å². The first-order chi connectivity index (χ1) is 26.3. The molecule has 53 heavy (non-hydrogen) atoms. The number of para-hydroxylation sites is 2. The first-order valence-electron chi connectivity index (χ1n) is 18.0. The van der Waals surface area contributed by atoms with Crippen LogP contribution >= 0.6 is 11.3 Å². The van der Waals surface area contributed by atoms with E-state index in [1.807, 2.05) is 11.3 Å². The molecule has 0 bridgehead atoms. The fraction of sp³-hybridized carbons (Fsp3) is 0. The van der Waals surface area contributed by atoms with Gasteiger partial charge in [0.05, 0.1) is 11.4 Å². The molecule has 2 nitrogen and oxygen atoms in total. The van der Waals surface area contributed by atoms with Gasteiger partial charge in [0.15, 0.2) is 5.58 Å². The molecule has 248 valence electrons. The quantitative estimate of drug-likeness (QED) is 0.167. The lowest BCUT2D eigenvalue weighted by Gasteiger charge is -2.27. The lowest BCUT2D eigenvalue weighted by atomic mass is 9.98. The molecule has 0 amide bonds. The van der Waals surface area contributed by atoms with Gasteiger partial charge < -0.3 is 9.32 Å². The smallest absolute Gasteiger partial charge is 0.159 e. The van der Waals surface area contributed by atoms with Crippen LogP contribution in [-0.2, 0) is 0 Å². The summed E-state index contributed by atoms with van der Waals surface area (Å²) in [5.74, 6) is 0. The Labute approximate surface area is 310 Å². The molecular formula is C50H31NOS. The third kappa shape index (κ3) is 4.71. The van der Waals surface area contributed by atoms with Crippen LogP contribution in [0.1, 0.15) is 0 Å². The summed E-state index contributed by atoms with van der Waals surface area (Å²) >= 11 is 1.87. The molecule has 2 heterocycles. The summed E-state index contributed by atoms with van der Waals surface area (Å²) in [6, 6.07) is 67.8. The summed E-state index contributed by atoms with van der Waals surface area (Å²) in [7, 11) is 0. The minimum atomic E-state index is 0.865. The molecule has 0 atom stereocenters. The largest absolute Gasteiger partial charge is 0.453 e. The third-order valence-electron chi connectivity index (χ3n) is 10.6. The Balaban J connectivity index is 1.24. The van der Waals surface area contributed by atoms with Crippen LogP contribution in [0.5, 0.6) is 0 Å². The van der Waals surface area contributed by atoms with Gasteiger partial charge in [-0.05, 0) is 68.6 Å². The van der Waals surface area contributed by atoms with Crippen molar-refractivity contribution in [2.75, 3.05) is 4.90 Å². The zero-order valence-electron chi connectivity index (χ0n) is 28.7. The Kier molecular flexibility index (Phi) is 6.76. The van der Waals surface area contributed by atoms with Crippen LogP contribution in [0.25, 0.3) is 85.9 Å². The molecule has 0 spiro atoms. The number of rotatable bonds is 5. The summed E-state index contributed by atoms with van der Waals surface area (Å²) in [6.07, 6.45) is 0. The van der Waals surface area contributed by atoms with Gasteiger partial charge in [0.25, 0.3) is 0 Å². The summed E-state index contributed by atoms with van der Waals surface area (Å²) in [5.41, 5.74) is 9.65. The van der Waals surface area contributed by atoms with Crippen LogP contribution in [0, 0.1) is 0 Å². The number of fused-ring (bicyclic) bond motifs is 9. The molecule has 11 aromatic rings. The highest BCUT2D eigenvalue weighted by Gasteiger charge is 2.25. The van der Waals surface area contributed by atoms with Crippen LogP contribution in [0.3, 0.4) is 0 Å². The second kappa shape index (κ2) is 11.9. The third-order valence-corrected chi connectivity index (χ3v) is 11.8. The molecule has 9 aromatic carbocycles. The van der Waals surface area contributed by atoms with Crippen LogP contribution in [0.4, 0.5) is 17.1 Å². The van der Waals surface area contributed by atoms with Gasteiger partial charge in [0, 0.05) is 42.2 Å². The first kappa shape index (κ1) is 30.0. The van der Waals surface area contributed by atoms with Crippen molar-refractivity contribution < 1.29 is 4.42 Å².